The first-order valence-corrected chi connectivity index (χ1v) is 8.52. The minimum atomic E-state index is -0.342. The summed E-state index contributed by atoms with van der Waals surface area (Å²) >= 11 is 0. The molecule has 7 heteroatoms. The summed E-state index contributed by atoms with van der Waals surface area (Å²) in [6, 6.07) is 16.6. The average molecular weight is 360 g/mol. The fraction of sp³-hybridized carbons (Fsp3) is 0.100. The molecule has 0 atom stereocenters. The lowest BCUT2D eigenvalue weighted by Crippen LogP contribution is -2.05. The Morgan fingerprint density at radius 3 is 2.59 bits per heavy atom. The Morgan fingerprint density at radius 2 is 1.74 bits per heavy atom. The third kappa shape index (κ3) is 4.14. The van der Waals surface area contributed by atoms with Crippen LogP contribution in [0.4, 0.5) is 10.3 Å². The summed E-state index contributed by atoms with van der Waals surface area (Å²) in [6.45, 7) is 1.21. The van der Waals surface area contributed by atoms with Crippen molar-refractivity contribution in [2.45, 2.75) is 13.1 Å². The van der Waals surface area contributed by atoms with E-state index in [1.807, 2.05) is 29.1 Å². The molecule has 0 unspecified atom stereocenters. The monoisotopic (exact) mass is 360 g/mol. The third-order valence-corrected chi connectivity index (χ3v) is 4.03. The van der Waals surface area contributed by atoms with Crippen molar-refractivity contribution >= 4 is 5.95 Å². The number of halogens is 1. The molecule has 2 heterocycles. The van der Waals surface area contributed by atoms with Crippen molar-refractivity contribution in [1.29, 1.82) is 0 Å². The van der Waals surface area contributed by atoms with Gasteiger partial charge in [0.05, 0.1) is 24.6 Å². The summed E-state index contributed by atoms with van der Waals surface area (Å²) in [5.41, 5.74) is 3.01. The van der Waals surface area contributed by atoms with Gasteiger partial charge in [-0.05, 0) is 17.7 Å². The molecule has 134 valence electrons. The molecule has 0 radical (unpaired) electrons. The molecule has 4 rings (SSSR count). The van der Waals surface area contributed by atoms with Gasteiger partial charge in [-0.2, -0.15) is 10.2 Å². The van der Waals surface area contributed by atoms with E-state index >= 15 is 0 Å². The molecule has 0 saturated carbocycles. The van der Waals surface area contributed by atoms with E-state index in [0.29, 0.717) is 30.3 Å². The van der Waals surface area contributed by atoms with E-state index in [1.165, 1.54) is 17.8 Å². The maximum absolute atomic E-state index is 13.9. The standard InChI is InChI=1S/C20H17FN6/c21-18-9-5-4-8-17(18)19-12-23-26-20(25-19)22-10-16-11-24-27(14-16)13-15-6-2-1-3-7-15/h1-9,11-12,14H,10,13H2,(H,22,25,26). The molecule has 2 aromatic heterocycles. The molecule has 0 saturated heterocycles. The summed E-state index contributed by atoms with van der Waals surface area (Å²) in [6.07, 6.45) is 5.21. The van der Waals surface area contributed by atoms with Crippen molar-refractivity contribution in [3.8, 4) is 11.3 Å². The average Bonchev–Trinajstić information content (AvgIpc) is 3.15. The largest absolute Gasteiger partial charge is 0.349 e. The van der Waals surface area contributed by atoms with Crippen molar-refractivity contribution in [3.05, 3.63) is 90.1 Å². The summed E-state index contributed by atoms with van der Waals surface area (Å²) < 4.78 is 15.8. The highest BCUT2D eigenvalue weighted by Crippen LogP contribution is 2.20. The minimum Gasteiger partial charge on any atom is -0.349 e. The van der Waals surface area contributed by atoms with E-state index in [1.54, 1.807) is 24.4 Å². The number of nitrogens with zero attached hydrogens (tertiary/aromatic N) is 5. The Balaban J connectivity index is 1.42. The van der Waals surface area contributed by atoms with Crippen LogP contribution in [0, 0.1) is 5.82 Å². The fourth-order valence-electron chi connectivity index (χ4n) is 2.71. The van der Waals surface area contributed by atoms with Gasteiger partial charge in [0.15, 0.2) is 0 Å². The molecule has 0 fully saturated rings. The molecule has 4 aromatic rings. The van der Waals surface area contributed by atoms with Crippen LogP contribution in [0.2, 0.25) is 0 Å². The molecular formula is C20H17FN6. The van der Waals surface area contributed by atoms with Crippen molar-refractivity contribution in [1.82, 2.24) is 25.0 Å². The molecule has 0 aliphatic carbocycles. The Kier molecular flexibility index (Phi) is 4.82. The molecular weight excluding hydrogens is 343 g/mol. The van der Waals surface area contributed by atoms with E-state index in [-0.39, 0.29) is 5.82 Å². The van der Waals surface area contributed by atoms with Gasteiger partial charge in [0.2, 0.25) is 5.95 Å². The number of nitrogens with one attached hydrogen (secondary N) is 1. The van der Waals surface area contributed by atoms with Crippen LogP contribution in [0.15, 0.2) is 73.2 Å². The first kappa shape index (κ1) is 16.8. The van der Waals surface area contributed by atoms with Gasteiger partial charge >= 0.3 is 0 Å². The molecule has 0 aliphatic heterocycles. The molecule has 0 amide bonds. The topological polar surface area (TPSA) is 68.5 Å². The molecule has 6 nitrogen and oxygen atoms in total. The zero-order valence-corrected chi connectivity index (χ0v) is 14.5. The second kappa shape index (κ2) is 7.74. The number of rotatable bonds is 6. The lowest BCUT2D eigenvalue weighted by Gasteiger charge is -2.05. The Hall–Kier alpha value is -3.61. The SMILES string of the molecule is Fc1ccccc1-c1cnnc(NCc2cnn(Cc3ccccc3)c2)n1. The highest BCUT2D eigenvalue weighted by atomic mass is 19.1. The number of hydrogen-bond acceptors (Lipinski definition) is 5. The predicted molar refractivity (Wildman–Crippen MR) is 100 cm³/mol. The van der Waals surface area contributed by atoms with Crippen LogP contribution in [0.5, 0.6) is 0 Å². The van der Waals surface area contributed by atoms with Crippen LogP contribution >= 0.6 is 0 Å². The van der Waals surface area contributed by atoms with Crippen LogP contribution < -0.4 is 5.32 Å². The zero-order valence-electron chi connectivity index (χ0n) is 14.5. The smallest absolute Gasteiger partial charge is 0.243 e. The van der Waals surface area contributed by atoms with E-state index in [9.17, 15) is 4.39 Å². The van der Waals surface area contributed by atoms with E-state index in [0.717, 1.165) is 5.56 Å². The molecule has 2 aromatic carbocycles. The van der Waals surface area contributed by atoms with Gasteiger partial charge in [-0.25, -0.2) is 9.37 Å². The maximum Gasteiger partial charge on any atom is 0.243 e. The second-order valence-electron chi connectivity index (χ2n) is 6.03. The van der Waals surface area contributed by atoms with Crippen LogP contribution in [0.3, 0.4) is 0 Å². The van der Waals surface area contributed by atoms with Gasteiger partial charge in [-0.15, -0.1) is 5.10 Å². The Morgan fingerprint density at radius 1 is 0.926 bits per heavy atom. The molecule has 0 spiro atoms. The summed E-state index contributed by atoms with van der Waals surface area (Å²) in [7, 11) is 0. The van der Waals surface area contributed by atoms with E-state index in [4.69, 9.17) is 0 Å². The predicted octanol–water partition coefficient (Wildman–Crippen LogP) is 3.53. The summed E-state index contributed by atoms with van der Waals surface area (Å²) in [4.78, 5) is 4.34. The van der Waals surface area contributed by atoms with Gasteiger partial charge in [-0.3, -0.25) is 4.68 Å². The Bertz CT molecular complexity index is 1030. The lowest BCUT2D eigenvalue weighted by atomic mass is 10.1. The van der Waals surface area contributed by atoms with Crippen molar-refractivity contribution in [2.24, 2.45) is 0 Å². The van der Waals surface area contributed by atoms with Crippen LogP contribution in [-0.2, 0) is 13.1 Å². The van der Waals surface area contributed by atoms with Crippen LogP contribution in [0.1, 0.15) is 11.1 Å². The third-order valence-electron chi connectivity index (χ3n) is 4.03. The number of aromatic nitrogens is 5. The van der Waals surface area contributed by atoms with Crippen LogP contribution in [0.25, 0.3) is 11.3 Å². The second-order valence-corrected chi connectivity index (χ2v) is 6.03. The van der Waals surface area contributed by atoms with Gasteiger partial charge in [0, 0.05) is 23.9 Å². The molecule has 27 heavy (non-hydrogen) atoms. The van der Waals surface area contributed by atoms with E-state index < -0.39 is 0 Å². The molecule has 0 bridgehead atoms. The van der Waals surface area contributed by atoms with Gasteiger partial charge in [0.1, 0.15) is 5.82 Å². The number of benzene rings is 2. The fourth-order valence-corrected chi connectivity index (χ4v) is 2.71. The van der Waals surface area contributed by atoms with Gasteiger partial charge < -0.3 is 5.32 Å². The molecule has 0 aliphatic rings. The van der Waals surface area contributed by atoms with Crippen molar-refractivity contribution in [3.63, 3.8) is 0 Å². The first-order chi connectivity index (χ1) is 13.3. The van der Waals surface area contributed by atoms with Crippen molar-refractivity contribution in [2.75, 3.05) is 5.32 Å². The first-order valence-electron chi connectivity index (χ1n) is 8.52. The maximum atomic E-state index is 13.9. The van der Waals surface area contributed by atoms with Gasteiger partial charge in [0.25, 0.3) is 0 Å². The normalized spacial score (nSPS) is 10.7. The summed E-state index contributed by atoms with van der Waals surface area (Å²) in [5, 5.41) is 15.4. The highest BCUT2D eigenvalue weighted by Gasteiger charge is 2.08. The number of hydrogen-bond donors (Lipinski definition) is 1. The summed E-state index contributed by atoms with van der Waals surface area (Å²) in [5.74, 6) is -0.00213. The zero-order chi connectivity index (χ0) is 18.5. The quantitative estimate of drug-likeness (QED) is 0.570. The Labute approximate surface area is 155 Å². The van der Waals surface area contributed by atoms with E-state index in [2.05, 4.69) is 37.7 Å². The lowest BCUT2D eigenvalue weighted by molar-refractivity contribution is 0.630. The van der Waals surface area contributed by atoms with Crippen LogP contribution in [-0.4, -0.2) is 25.0 Å². The highest BCUT2D eigenvalue weighted by molar-refractivity contribution is 5.59. The minimum absolute atomic E-state index is 0.339. The van der Waals surface area contributed by atoms with Crippen molar-refractivity contribution < 1.29 is 4.39 Å². The molecule has 1 N–H and O–H groups in total. The number of anilines is 1. The van der Waals surface area contributed by atoms with Gasteiger partial charge in [-0.1, -0.05) is 42.5 Å².